The summed E-state index contributed by atoms with van der Waals surface area (Å²) >= 11 is 11.9. The number of carbonyl (C=O) groups excluding carboxylic acids is 1. The van der Waals surface area contributed by atoms with E-state index in [4.69, 9.17) is 32.7 Å². The normalized spacial score (nSPS) is 13.1. The molecule has 1 aliphatic heterocycles. The number of hydrogen-bond donors (Lipinski definition) is 1. The largest absolute Gasteiger partial charge is 0.489 e. The fraction of sp³-hybridized carbons (Fsp3) is 0.133. The molecular formula is C15H11Cl2NO3. The van der Waals surface area contributed by atoms with Gasteiger partial charge in [-0.05, 0) is 24.3 Å². The molecule has 0 saturated carbocycles. The first-order chi connectivity index (χ1) is 10.1. The Morgan fingerprint density at radius 3 is 2.86 bits per heavy atom. The van der Waals surface area contributed by atoms with Crippen LogP contribution >= 0.6 is 23.2 Å². The van der Waals surface area contributed by atoms with Crippen LogP contribution in [0.2, 0.25) is 10.0 Å². The predicted molar refractivity (Wildman–Crippen MR) is 81.4 cm³/mol. The Kier molecular flexibility index (Phi) is 3.90. The van der Waals surface area contributed by atoms with Crippen LogP contribution in [0.5, 0.6) is 11.5 Å². The van der Waals surface area contributed by atoms with Gasteiger partial charge in [0, 0.05) is 21.7 Å². The Morgan fingerprint density at radius 2 is 2.05 bits per heavy atom. The Morgan fingerprint density at radius 1 is 1.19 bits per heavy atom. The maximum atomic E-state index is 11.3. The van der Waals surface area contributed by atoms with E-state index in [2.05, 4.69) is 5.32 Å². The quantitative estimate of drug-likeness (QED) is 0.931. The number of rotatable bonds is 3. The first-order valence-corrected chi connectivity index (χ1v) is 7.01. The van der Waals surface area contributed by atoms with Crippen molar-refractivity contribution in [3.05, 3.63) is 52.0 Å². The molecule has 0 saturated heterocycles. The highest BCUT2D eigenvalue weighted by Gasteiger charge is 2.16. The first kappa shape index (κ1) is 14.0. The lowest BCUT2D eigenvalue weighted by Crippen LogP contribution is -2.25. The molecule has 1 aliphatic rings. The summed E-state index contributed by atoms with van der Waals surface area (Å²) in [5.74, 6) is 1.07. The zero-order valence-corrected chi connectivity index (χ0v) is 12.4. The van der Waals surface area contributed by atoms with Crippen LogP contribution in [0.25, 0.3) is 0 Å². The molecule has 0 fully saturated rings. The van der Waals surface area contributed by atoms with Gasteiger partial charge in [0.1, 0.15) is 18.1 Å². The standard InChI is InChI=1S/C15H11Cl2NO3/c16-10-2-1-9(12(17)5-10)7-20-11-3-4-14-13(6-11)18-15(19)8-21-14/h1-6H,7-8H2,(H,18,19). The van der Waals surface area contributed by atoms with Crippen molar-refractivity contribution in [2.45, 2.75) is 6.61 Å². The van der Waals surface area contributed by atoms with Gasteiger partial charge in [0.25, 0.3) is 5.91 Å². The van der Waals surface area contributed by atoms with Crippen molar-refractivity contribution in [1.82, 2.24) is 0 Å². The number of nitrogens with one attached hydrogen (secondary N) is 1. The van der Waals surface area contributed by atoms with Crippen LogP contribution in [0.1, 0.15) is 5.56 Å². The molecule has 21 heavy (non-hydrogen) atoms. The maximum Gasteiger partial charge on any atom is 0.262 e. The van der Waals surface area contributed by atoms with Gasteiger partial charge in [-0.3, -0.25) is 4.79 Å². The topological polar surface area (TPSA) is 47.6 Å². The third-order valence-corrected chi connectivity index (χ3v) is 3.58. The van der Waals surface area contributed by atoms with Crippen molar-refractivity contribution in [1.29, 1.82) is 0 Å². The molecule has 0 unspecified atom stereocenters. The molecule has 1 N–H and O–H groups in total. The van der Waals surface area contributed by atoms with Gasteiger partial charge in [0.15, 0.2) is 6.61 Å². The van der Waals surface area contributed by atoms with Gasteiger partial charge < -0.3 is 14.8 Å². The van der Waals surface area contributed by atoms with E-state index in [1.54, 1.807) is 30.3 Å². The van der Waals surface area contributed by atoms with Crippen molar-refractivity contribution >= 4 is 34.8 Å². The van der Waals surface area contributed by atoms with Gasteiger partial charge in [-0.2, -0.15) is 0 Å². The molecular weight excluding hydrogens is 313 g/mol. The lowest BCUT2D eigenvalue weighted by molar-refractivity contribution is -0.118. The highest BCUT2D eigenvalue weighted by atomic mass is 35.5. The maximum absolute atomic E-state index is 11.3. The first-order valence-electron chi connectivity index (χ1n) is 6.25. The lowest BCUT2D eigenvalue weighted by Gasteiger charge is -2.18. The zero-order valence-electron chi connectivity index (χ0n) is 10.9. The summed E-state index contributed by atoms with van der Waals surface area (Å²) in [5, 5.41) is 3.86. The molecule has 0 atom stereocenters. The molecule has 2 aromatic carbocycles. The van der Waals surface area contributed by atoms with E-state index >= 15 is 0 Å². The number of hydrogen-bond acceptors (Lipinski definition) is 3. The average Bonchev–Trinajstić information content (AvgIpc) is 2.46. The minimum absolute atomic E-state index is 0.0353. The van der Waals surface area contributed by atoms with Crippen LogP contribution in [0.3, 0.4) is 0 Å². The smallest absolute Gasteiger partial charge is 0.262 e. The van der Waals surface area contributed by atoms with Gasteiger partial charge in [-0.25, -0.2) is 0 Å². The molecule has 3 rings (SSSR count). The Labute approximate surface area is 131 Å². The van der Waals surface area contributed by atoms with Gasteiger partial charge in [-0.15, -0.1) is 0 Å². The van der Waals surface area contributed by atoms with Crippen LogP contribution in [-0.4, -0.2) is 12.5 Å². The summed E-state index contributed by atoms with van der Waals surface area (Å²) in [6.07, 6.45) is 0. The summed E-state index contributed by atoms with van der Waals surface area (Å²) in [6, 6.07) is 10.5. The summed E-state index contributed by atoms with van der Waals surface area (Å²) < 4.78 is 11.0. The van der Waals surface area contributed by atoms with Crippen LogP contribution in [0.4, 0.5) is 5.69 Å². The molecule has 6 heteroatoms. The lowest BCUT2D eigenvalue weighted by atomic mass is 10.2. The highest BCUT2D eigenvalue weighted by molar-refractivity contribution is 6.35. The SMILES string of the molecule is O=C1COc2ccc(OCc3ccc(Cl)cc3Cl)cc2N1. The van der Waals surface area contributed by atoms with Gasteiger partial charge in [-0.1, -0.05) is 29.3 Å². The Bertz CT molecular complexity index is 703. The predicted octanol–water partition coefficient (Wildman–Crippen LogP) is 3.90. The minimum Gasteiger partial charge on any atom is -0.489 e. The fourth-order valence-electron chi connectivity index (χ4n) is 1.95. The number of halogens is 2. The summed E-state index contributed by atoms with van der Waals surface area (Å²) in [7, 11) is 0. The van der Waals surface area contributed by atoms with Gasteiger partial charge in [0.05, 0.1) is 5.69 Å². The molecule has 2 aromatic rings. The van der Waals surface area contributed by atoms with E-state index in [0.717, 1.165) is 5.56 Å². The van der Waals surface area contributed by atoms with Crippen molar-refractivity contribution < 1.29 is 14.3 Å². The molecule has 1 heterocycles. The van der Waals surface area contributed by atoms with Crippen molar-refractivity contribution in [3.63, 3.8) is 0 Å². The second-order valence-corrected chi connectivity index (χ2v) is 5.36. The third kappa shape index (κ3) is 3.23. The molecule has 108 valence electrons. The molecule has 0 radical (unpaired) electrons. The number of carbonyl (C=O) groups is 1. The highest BCUT2D eigenvalue weighted by Crippen LogP contribution is 2.32. The Hall–Kier alpha value is -1.91. The zero-order chi connectivity index (χ0) is 14.8. The van der Waals surface area contributed by atoms with E-state index in [9.17, 15) is 4.79 Å². The van der Waals surface area contributed by atoms with E-state index in [1.807, 2.05) is 6.07 Å². The van der Waals surface area contributed by atoms with Crippen LogP contribution in [0.15, 0.2) is 36.4 Å². The Balaban J connectivity index is 1.73. The number of ether oxygens (including phenoxy) is 2. The van der Waals surface area contributed by atoms with Crippen molar-refractivity contribution in [3.8, 4) is 11.5 Å². The minimum atomic E-state index is -0.180. The molecule has 0 aliphatic carbocycles. The molecule has 0 spiro atoms. The van der Waals surface area contributed by atoms with Crippen molar-refractivity contribution in [2.75, 3.05) is 11.9 Å². The number of fused-ring (bicyclic) bond motifs is 1. The van der Waals surface area contributed by atoms with Gasteiger partial charge in [0.2, 0.25) is 0 Å². The molecule has 0 bridgehead atoms. The molecule has 1 amide bonds. The van der Waals surface area contributed by atoms with E-state index in [0.29, 0.717) is 33.8 Å². The van der Waals surface area contributed by atoms with E-state index in [1.165, 1.54) is 0 Å². The molecule has 0 aromatic heterocycles. The van der Waals surface area contributed by atoms with E-state index < -0.39 is 0 Å². The second kappa shape index (κ2) is 5.84. The third-order valence-electron chi connectivity index (χ3n) is 2.99. The van der Waals surface area contributed by atoms with Crippen LogP contribution in [0, 0.1) is 0 Å². The summed E-state index contributed by atoms with van der Waals surface area (Å²) in [6.45, 7) is 0.344. The van der Waals surface area contributed by atoms with Crippen LogP contribution in [-0.2, 0) is 11.4 Å². The second-order valence-electron chi connectivity index (χ2n) is 4.52. The average molecular weight is 324 g/mol. The number of benzene rings is 2. The number of amides is 1. The van der Waals surface area contributed by atoms with Crippen LogP contribution < -0.4 is 14.8 Å². The monoisotopic (exact) mass is 323 g/mol. The van der Waals surface area contributed by atoms with Gasteiger partial charge >= 0.3 is 0 Å². The number of anilines is 1. The molecule has 4 nitrogen and oxygen atoms in total. The summed E-state index contributed by atoms with van der Waals surface area (Å²) in [4.78, 5) is 11.3. The fourth-order valence-corrected chi connectivity index (χ4v) is 2.41. The summed E-state index contributed by atoms with van der Waals surface area (Å²) in [5.41, 5.74) is 1.44. The van der Waals surface area contributed by atoms with Crippen molar-refractivity contribution in [2.24, 2.45) is 0 Å². The van der Waals surface area contributed by atoms with E-state index in [-0.39, 0.29) is 12.5 Å².